The van der Waals surface area contributed by atoms with Gasteiger partial charge in [0.25, 0.3) is 0 Å². The van der Waals surface area contributed by atoms with Crippen LogP contribution in [0.3, 0.4) is 0 Å². The van der Waals surface area contributed by atoms with E-state index in [0.29, 0.717) is 0 Å². The van der Waals surface area contributed by atoms with Crippen LogP contribution in [-0.4, -0.2) is 0 Å². The van der Waals surface area contributed by atoms with Crippen molar-refractivity contribution in [3.8, 4) is 89.0 Å². The second-order valence-electron chi connectivity index (χ2n) is 30.5. The zero-order valence-corrected chi connectivity index (χ0v) is 67.6. The Kier molecular flexibility index (Phi) is 22.0. The van der Waals surface area contributed by atoms with Crippen molar-refractivity contribution in [1.82, 2.24) is 0 Å². The monoisotopic (exact) mass is 1580 g/mol. The lowest BCUT2D eigenvalue weighted by atomic mass is 9.68. The molecule has 2 nitrogen and oxygen atoms in total. The van der Waals surface area contributed by atoms with Gasteiger partial charge in [0.2, 0.25) is 0 Å². The predicted molar refractivity (Wildman–Crippen MR) is 504 cm³/mol. The van der Waals surface area contributed by atoms with Crippen LogP contribution in [0.4, 0.5) is 28.4 Å². The first kappa shape index (κ1) is 76.7. The van der Waals surface area contributed by atoms with Crippen molar-refractivity contribution < 1.29 is 0 Å². The maximum Gasteiger partial charge on any atom is 0.0714 e. The van der Waals surface area contributed by atoms with E-state index < -0.39 is 10.8 Å². The average molecular weight is 1580 g/mol. The van der Waals surface area contributed by atoms with Crippen LogP contribution in [0.15, 0.2) is 453 Å². The molecule has 0 heterocycles. The number of nitrogens with one attached hydrogen (secondary N) is 1. The molecule has 0 atom stereocenters. The summed E-state index contributed by atoms with van der Waals surface area (Å²) in [4.78, 5) is 2.51. The van der Waals surface area contributed by atoms with Gasteiger partial charge in [-0.3, -0.25) is 0 Å². The Bertz CT molecular complexity index is 6480. The van der Waals surface area contributed by atoms with Crippen LogP contribution < -0.4 is 10.2 Å². The van der Waals surface area contributed by atoms with Crippen molar-refractivity contribution >= 4 is 44.4 Å². The Labute approximate surface area is 704 Å². The molecule has 3 heteroatoms. The van der Waals surface area contributed by atoms with E-state index in [0.717, 1.165) is 32.9 Å². The third kappa shape index (κ3) is 14.3. The molecule has 0 fully saturated rings. The maximum atomic E-state index is 3.97. The molecule has 0 saturated carbocycles. The number of rotatable bonds is 15. The molecule has 2 aliphatic carbocycles. The van der Waals surface area contributed by atoms with Crippen molar-refractivity contribution in [3.05, 3.63) is 520 Å². The van der Waals surface area contributed by atoms with Crippen LogP contribution in [-0.2, 0) is 10.8 Å². The first-order valence-electron chi connectivity index (χ1n) is 40.4. The number of hydrogen-bond acceptors (Lipinski definition) is 2. The summed E-state index contributed by atoms with van der Waals surface area (Å²) >= 11 is 3.42. The third-order valence-corrected chi connectivity index (χ3v) is 24.2. The van der Waals surface area contributed by atoms with E-state index in [1.165, 1.54) is 156 Å². The van der Waals surface area contributed by atoms with Gasteiger partial charge in [0, 0.05) is 43.8 Å². The first-order valence-corrected chi connectivity index (χ1v) is 41.2. The van der Waals surface area contributed by atoms with Gasteiger partial charge in [-0.1, -0.05) is 412 Å². The number of hydrogen-bond donors (Lipinski definition) is 1. The van der Waals surface area contributed by atoms with Crippen molar-refractivity contribution in [1.29, 1.82) is 0 Å². The summed E-state index contributed by atoms with van der Waals surface area (Å²) in [5.74, 6) is 0. The van der Waals surface area contributed by atoms with Gasteiger partial charge < -0.3 is 10.2 Å². The second kappa shape index (κ2) is 33.8. The Morgan fingerprint density at radius 1 is 0.220 bits per heavy atom. The highest BCUT2D eigenvalue weighted by atomic mass is 79.9. The molecule has 0 aromatic heterocycles. The van der Waals surface area contributed by atoms with Crippen LogP contribution >= 0.6 is 15.9 Å². The first-order chi connectivity index (χ1) is 57.6. The second-order valence-corrected chi connectivity index (χ2v) is 31.4. The molecule has 118 heavy (non-hydrogen) atoms. The SMILES string of the molecule is Brc1ccc(-c2ccccc2)cc1.C.Cc1ccccc1-c1ccc(N(c2ccc(-c3ccccc3)cc2)c2cccc3c2-c2ccccc2C3(c2ccccc2)c2ccccc2)c(-c2ccccc2C)c1.Cc1ccccc1-c1ccc(Nc2cccc3c2-c2ccccc2C3(c2ccccc2)c2ccccc2)c(-c2ccccc2C)c1. The van der Waals surface area contributed by atoms with Gasteiger partial charge in [0.1, 0.15) is 0 Å². The minimum atomic E-state index is -0.513. The fourth-order valence-electron chi connectivity index (χ4n) is 18.2. The van der Waals surface area contributed by atoms with Crippen LogP contribution in [0.5, 0.6) is 0 Å². The molecular weight excluding hydrogens is 1490 g/mol. The highest BCUT2D eigenvalue weighted by molar-refractivity contribution is 9.10. The summed E-state index contributed by atoms with van der Waals surface area (Å²) < 4.78 is 1.12. The van der Waals surface area contributed by atoms with Crippen molar-refractivity contribution in [2.45, 2.75) is 46.0 Å². The van der Waals surface area contributed by atoms with Gasteiger partial charge in [-0.05, 0) is 222 Å². The molecule has 0 radical (unpaired) electrons. The lowest BCUT2D eigenvalue weighted by molar-refractivity contribution is 0.768. The number of nitrogens with zero attached hydrogens (tertiary/aromatic N) is 1. The molecule has 0 bridgehead atoms. The zero-order chi connectivity index (χ0) is 79.2. The van der Waals surface area contributed by atoms with Crippen LogP contribution in [0.2, 0.25) is 0 Å². The molecule has 0 saturated heterocycles. The minimum absolute atomic E-state index is 0. The lowest BCUT2D eigenvalue weighted by Gasteiger charge is -2.34. The quantitative estimate of drug-likeness (QED) is 0.110. The van der Waals surface area contributed by atoms with Crippen LogP contribution in [0.25, 0.3) is 89.0 Å². The highest BCUT2D eigenvalue weighted by Gasteiger charge is 2.49. The van der Waals surface area contributed by atoms with E-state index in [1.807, 2.05) is 6.07 Å². The molecule has 0 aliphatic heterocycles. The number of halogens is 1. The molecule has 20 rings (SSSR count). The average Bonchev–Trinajstić information content (AvgIpc) is 1.53. The van der Waals surface area contributed by atoms with Gasteiger partial charge in [-0.15, -0.1) is 0 Å². The largest absolute Gasteiger partial charge is 0.355 e. The fraction of sp³-hybridized carbons (Fsp3) is 0.0609. The summed E-state index contributed by atoms with van der Waals surface area (Å²) in [6, 6.07) is 163. The Hall–Kier alpha value is -14.0. The predicted octanol–water partition coefficient (Wildman–Crippen LogP) is 31.6. The van der Waals surface area contributed by atoms with Gasteiger partial charge >= 0.3 is 0 Å². The third-order valence-electron chi connectivity index (χ3n) is 23.7. The molecule has 0 unspecified atom stereocenters. The molecule has 1 N–H and O–H groups in total. The topological polar surface area (TPSA) is 15.3 Å². The van der Waals surface area contributed by atoms with Crippen molar-refractivity contribution in [2.75, 3.05) is 10.2 Å². The Morgan fingerprint density at radius 2 is 0.542 bits per heavy atom. The van der Waals surface area contributed by atoms with E-state index in [1.54, 1.807) is 0 Å². The van der Waals surface area contributed by atoms with Crippen molar-refractivity contribution in [2.24, 2.45) is 0 Å². The maximum absolute atomic E-state index is 3.97. The Morgan fingerprint density at radius 3 is 0.992 bits per heavy atom. The number of benzene rings is 18. The van der Waals surface area contributed by atoms with E-state index >= 15 is 0 Å². The van der Waals surface area contributed by atoms with Gasteiger partial charge in [0.15, 0.2) is 0 Å². The number of aryl methyl sites for hydroxylation is 4. The summed E-state index contributed by atoms with van der Waals surface area (Å²) in [5, 5.41) is 3.97. The summed E-state index contributed by atoms with van der Waals surface area (Å²) in [6.07, 6.45) is 0. The molecule has 2 aliphatic rings. The zero-order valence-electron chi connectivity index (χ0n) is 66.0. The van der Waals surface area contributed by atoms with Gasteiger partial charge in [-0.25, -0.2) is 0 Å². The lowest BCUT2D eigenvalue weighted by Crippen LogP contribution is -2.28. The van der Waals surface area contributed by atoms with E-state index in [9.17, 15) is 0 Å². The van der Waals surface area contributed by atoms with Gasteiger partial charge in [-0.2, -0.15) is 0 Å². The van der Waals surface area contributed by atoms with Gasteiger partial charge in [0.05, 0.1) is 22.2 Å². The van der Waals surface area contributed by atoms with Crippen LogP contribution in [0.1, 0.15) is 74.2 Å². The summed E-state index contributed by atoms with van der Waals surface area (Å²) in [6.45, 7) is 8.81. The molecule has 568 valence electrons. The molecule has 0 spiro atoms. The van der Waals surface area contributed by atoms with E-state index in [-0.39, 0.29) is 7.43 Å². The summed E-state index contributed by atoms with van der Waals surface area (Å²) in [7, 11) is 0. The number of fused-ring (bicyclic) bond motifs is 6. The molecule has 0 amide bonds. The smallest absolute Gasteiger partial charge is 0.0714 e. The normalized spacial score (nSPS) is 12.2. The highest BCUT2D eigenvalue weighted by Crippen LogP contribution is 2.62. The Balaban J connectivity index is 0.000000148. The minimum Gasteiger partial charge on any atom is -0.355 e. The number of anilines is 5. The molecule has 18 aromatic rings. The van der Waals surface area contributed by atoms with Crippen molar-refractivity contribution in [3.63, 3.8) is 0 Å². The fourth-order valence-corrected chi connectivity index (χ4v) is 18.5. The van der Waals surface area contributed by atoms with Crippen LogP contribution in [0, 0.1) is 27.7 Å². The standard InChI is InChI=1S/C57H43N.C45H35N.C12H9Br.CH4/c1-40-19-12-14-27-48(40)44-35-38-54(51(39-44)49-28-15-13-20-41(49)2)58(47-36-33-43(34-37-47)42-21-6-3-7-22-42)55-32-18-31-53-56(55)50-29-16-17-30-52(50)57(53,45-23-8-4-9-24-45)46-25-10-5-11-26-46;1-31-16-9-11-22-36(31)33-28-29-42(39(30-33)37-23-12-10-17-32(37)2)46-43-27-15-26-41-44(43)38-24-13-14-25-40(38)45(41,34-18-5-3-6-19-34)35-20-7-4-8-21-35;13-12-8-6-11(7-9-12)10-4-2-1-3-5-10;/h3-39H,1-2H3;3-30,46H,1-2H3;1-9H;1H4. The molecular formula is C115H91BrN2. The van der Waals surface area contributed by atoms with E-state index in [4.69, 9.17) is 0 Å². The molecule has 18 aromatic carbocycles. The van der Waals surface area contributed by atoms with E-state index in [2.05, 4.69) is 497 Å². The summed E-state index contributed by atoms with van der Waals surface area (Å²) in [5.41, 5.74) is 39.6.